The van der Waals surface area contributed by atoms with Crippen LogP contribution in [0.3, 0.4) is 0 Å². The van der Waals surface area contributed by atoms with Gasteiger partial charge in [-0.2, -0.15) is 17.8 Å². The molecule has 68 valence electrons. The highest BCUT2D eigenvalue weighted by Gasteiger charge is 2.12. The van der Waals surface area contributed by atoms with Crippen LogP contribution in [0.2, 0.25) is 0 Å². The molecule has 0 atom stereocenters. The van der Waals surface area contributed by atoms with Crippen molar-refractivity contribution >= 4 is 21.7 Å². The summed E-state index contributed by atoms with van der Waals surface area (Å²) in [5.74, 6) is 0.451. The van der Waals surface area contributed by atoms with Gasteiger partial charge in [-0.15, -0.1) is 0 Å². The van der Waals surface area contributed by atoms with Crippen LogP contribution in [0.5, 0.6) is 5.19 Å². The fourth-order valence-electron chi connectivity index (χ4n) is 0.479. The van der Waals surface area contributed by atoms with E-state index in [2.05, 4.69) is 13.5 Å². The maximum atomic E-state index is 10.9. The normalized spacial score (nSPS) is 11.5. The molecule has 0 spiro atoms. The molecule has 12 heavy (non-hydrogen) atoms. The van der Waals surface area contributed by atoms with Crippen LogP contribution in [0.25, 0.3) is 0 Å². The van der Waals surface area contributed by atoms with Crippen molar-refractivity contribution in [3.05, 3.63) is 5.82 Å². The third-order valence-corrected chi connectivity index (χ3v) is 2.97. The Kier molecular flexibility index (Phi) is 2.63. The molecule has 0 radical (unpaired) electrons. The van der Waals surface area contributed by atoms with Crippen molar-refractivity contribution in [2.24, 2.45) is 0 Å². The molecule has 0 amide bonds. The quantitative estimate of drug-likeness (QED) is 0.679. The van der Waals surface area contributed by atoms with E-state index in [4.69, 9.17) is 0 Å². The fraction of sp³-hybridized carbons (Fsp3) is 0.600. The molecule has 0 aromatic carbocycles. The second-order valence-electron chi connectivity index (χ2n) is 2.04. The summed E-state index contributed by atoms with van der Waals surface area (Å²) >= 11 is 0.929. The Morgan fingerprint density at radius 1 is 1.58 bits per heavy atom. The van der Waals surface area contributed by atoms with Crippen LogP contribution >= 0.6 is 11.5 Å². The van der Waals surface area contributed by atoms with Gasteiger partial charge in [0, 0.05) is 11.5 Å². The lowest BCUT2D eigenvalue weighted by Crippen LogP contribution is -2.11. The van der Waals surface area contributed by atoms with Crippen LogP contribution < -0.4 is 4.18 Å². The van der Waals surface area contributed by atoms with E-state index < -0.39 is 10.1 Å². The van der Waals surface area contributed by atoms with Crippen LogP contribution in [0.4, 0.5) is 0 Å². The van der Waals surface area contributed by atoms with Gasteiger partial charge in [0.05, 0.1) is 5.75 Å². The molecule has 0 N–H and O–H groups in total. The Bertz CT molecular complexity index is 357. The molecule has 0 aliphatic heterocycles. The highest BCUT2D eigenvalue weighted by Crippen LogP contribution is 2.15. The summed E-state index contributed by atoms with van der Waals surface area (Å²) < 4.78 is 30.2. The number of hydrogen-bond acceptors (Lipinski definition) is 6. The molecule has 7 heteroatoms. The predicted octanol–water partition coefficient (Wildman–Crippen LogP) is 0.575. The summed E-state index contributed by atoms with van der Waals surface area (Å²) in [6, 6.07) is 0. The van der Waals surface area contributed by atoms with Gasteiger partial charge in [-0.05, 0) is 13.8 Å². The first-order valence-electron chi connectivity index (χ1n) is 3.26. The lowest BCUT2D eigenvalue weighted by atomic mass is 10.8. The zero-order valence-electron chi connectivity index (χ0n) is 6.64. The Hall–Kier alpha value is -0.690. The summed E-state index contributed by atoms with van der Waals surface area (Å²) in [6.45, 7) is 3.17. The maximum Gasteiger partial charge on any atom is 0.311 e. The lowest BCUT2D eigenvalue weighted by Gasteiger charge is -1.97. The third-order valence-electron chi connectivity index (χ3n) is 1.06. The minimum absolute atomic E-state index is 0.0639. The first kappa shape index (κ1) is 9.40. The summed E-state index contributed by atoms with van der Waals surface area (Å²) in [4.78, 5) is 3.75. The summed E-state index contributed by atoms with van der Waals surface area (Å²) in [7, 11) is -3.45. The first-order valence-corrected chi connectivity index (χ1v) is 5.61. The van der Waals surface area contributed by atoms with Crippen molar-refractivity contribution < 1.29 is 12.6 Å². The van der Waals surface area contributed by atoms with Crippen molar-refractivity contribution in [3.63, 3.8) is 0 Å². The van der Waals surface area contributed by atoms with Crippen molar-refractivity contribution in [1.82, 2.24) is 9.36 Å². The van der Waals surface area contributed by atoms with Gasteiger partial charge in [-0.3, -0.25) is 0 Å². The molecule has 0 aliphatic rings. The van der Waals surface area contributed by atoms with Crippen LogP contribution in [-0.4, -0.2) is 23.5 Å². The van der Waals surface area contributed by atoms with Crippen molar-refractivity contribution in [2.45, 2.75) is 13.8 Å². The van der Waals surface area contributed by atoms with Crippen molar-refractivity contribution in [3.8, 4) is 5.19 Å². The number of rotatable bonds is 3. The first-order chi connectivity index (χ1) is 5.53. The second kappa shape index (κ2) is 3.36. The smallest absolute Gasteiger partial charge is 0.311 e. The van der Waals surface area contributed by atoms with Crippen LogP contribution in [0, 0.1) is 6.92 Å². The Morgan fingerprint density at radius 2 is 2.25 bits per heavy atom. The van der Waals surface area contributed by atoms with Crippen LogP contribution in [0.1, 0.15) is 12.7 Å². The van der Waals surface area contributed by atoms with Gasteiger partial charge in [0.2, 0.25) is 0 Å². The monoisotopic (exact) mass is 208 g/mol. The molecule has 0 saturated carbocycles. The van der Waals surface area contributed by atoms with Crippen molar-refractivity contribution in [1.29, 1.82) is 0 Å². The summed E-state index contributed by atoms with van der Waals surface area (Å²) in [5, 5.41) is 0.0781. The lowest BCUT2D eigenvalue weighted by molar-refractivity contribution is 0.485. The van der Waals surface area contributed by atoms with E-state index in [0.29, 0.717) is 5.82 Å². The van der Waals surface area contributed by atoms with Gasteiger partial charge in [-0.1, -0.05) is 0 Å². The number of nitrogens with zero attached hydrogens (tertiary/aromatic N) is 2. The topological polar surface area (TPSA) is 69.2 Å². The van der Waals surface area contributed by atoms with Gasteiger partial charge < -0.3 is 4.18 Å². The van der Waals surface area contributed by atoms with Gasteiger partial charge in [0.1, 0.15) is 5.82 Å². The van der Waals surface area contributed by atoms with Gasteiger partial charge in [0.15, 0.2) is 0 Å². The Morgan fingerprint density at radius 3 is 2.67 bits per heavy atom. The molecular formula is C5H8N2O3S2. The molecule has 0 saturated heterocycles. The van der Waals surface area contributed by atoms with Crippen LogP contribution in [0.15, 0.2) is 0 Å². The van der Waals surface area contributed by atoms with Gasteiger partial charge in [0.25, 0.3) is 0 Å². The Labute approximate surface area is 74.7 Å². The van der Waals surface area contributed by atoms with E-state index in [1.807, 2.05) is 0 Å². The predicted molar refractivity (Wildman–Crippen MR) is 44.7 cm³/mol. The minimum atomic E-state index is -3.45. The number of aromatic nitrogens is 2. The second-order valence-corrected chi connectivity index (χ2v) is 4.61. The summed E-state index contributed by atoms with van der Waals surface area (Å²) in [6.07, 6.45) is 0. The molecule has 0 unspecified atom stereocenters. The van der Waals surface area contributed by atoms with E-state index in [9.17, 15) is 8.42 Å². The van der Waals surface area contributed by atoms with E-state index in [1.54, 1.807) is 6.92 Å². The molecule has 0 aliphatic carbocycles. The fourth-order valence-corrected chi connectivity index (χ4v) is 1.71. The summed E-state index contributed by atoms with van der Waals surface area (Å²) in [5.41, 5.74) is 0. The standard InChI is InChI=1S/C5H8N2O3S2/c1-3-12(8,9)10-5-6-4(2)7-11-5/h3H2,1-2H3. The van der Waals surface area contributed by atoms with Crippen LogP contribution in [-0.2, 0) is 10.1 Å². The zero-order chi connectivity index (χ0) is 9.19. The molecule has 0 fully saturated rings. The molecule has 1 aromatic rings. The SMILES string of the molecule is CCS(=O)(=O)Oc1nc(C)ns1. The third kappa shape index (κ3) is 2.42. The largest absolute Gasteiger partial charge is 0.350 e. The average Bonchev–Trinajstić information content (AvgIpc) is 2.35. The van der Waals surface area contributed by atoms with Gasteiger partial charge in [-0.25, -0.2) is 0 Å². The minimum Gasteiger partial charge on any atom is -0.350 e. The zero-order valence-corrected chi connectivity index (χ0v) is 8.28. The number of aryl methyl sites for hydroxylation is 1. The number of hydrogen-bond donors (Lipinski definition) is 0. The maximum absolute atomic E-state index is 10.9. The highest BCUT2D eigenvalue weighted by molar-refractivity contribution is 7.87. The molecule has 1 rings (SSSR count). The van der Waals surface area contributed by atoms with E-state index in [1.165, 1.54) is 6.92 Å². The Balaban J connectivity index is 2.77. The molecule has 1 aromatic heterocycles. The van der Waals surface area contributed by atoms with E-state index in [-0.39, 0.29) is 10.9 Å². The van der Waals surface area contributed by atoms with Gasteiger partial charge >= 0.3 is 15.3 Å². The molecular weight excluding hydrogens is 200 g/mol. The molecule has 0 bridgehead atoms. The van der Waals surface area contributed by atoms with Crippen molar-refractivity contribution in [2.75, 3.05) is 5.75 Å². The van der Waals surface area contributed by atoms with E-state index >= 15 is 0 Å². The highest BCUT2D eigenvalue weighted by atomic mass is 32.2. The molecule has 1 heterocycles. The molecule has 5 nitrogen and oxygen atoms in total. The van der Waals surface area contributed by atoms with E-state index in [0.717, 1.165) is 11.5 Å². The average molecular weight is 208 g/mol.